The summed E-state index contributed by atoms with van der Waals surface area (Å²) in [5.41, 5.74) is 3.09. The lowest BCUT2D eigenvalue weighted by atomic mass is 9.88. The van der Waals surface area contributed by atoms with Gasteiger partial charge in [-0.05, 0) is 23.3 Å². The molecule has 100 valence electrons. The Hall–Kier alpha value is -2.62. The molecule has 1 aliphatic rings. The topological polar surface area (TPSA) is 37.4 Å². The zero-order valence-corrected chi connectivity index (χ0v) is 11.4. The molecule has 0 aliphatic carbocycles. The Kier molecular flexibility index (Phi) is 3.22. The maximum atomic E-state index is 12.3. The molecule has 0 aromatic heterocycles. The van der Waals surface area contributed by atoms with Crippen LogP contribution in [-0.2, 0) is 6.54 Å². The fourth-order valence-corrected chi connectivity index (χ4v) is 2.44. The summed E-state index contributed by atoms with van der Waals surface area (Å²) >= 11 is 0. The van der Waals surface area contributed by atoms with E-state index in [0.717, 1.165) is 11.1 Å². The van der Waals surface area contributed by atoms with Gasteiger partial charge in [0.25, 0.3) is 11.8 Å². The van der Waals surface area contributed by atoms with E-state index in [4.69, 9.17) is 7.85 Å². The van der Waals surface area contributed by atoms with Crippen LogP contribution in [0.1, 0.15) is 31.8 Å². The Morgan fingerprint density at radius 3 is 2.19 bits per heavy atom. The second-order valence-electron chi connectivity index (χ2n) is 4.90. The molecule has 0 N–H and O–H groups in total. The molecule has 4 heteroatoms. The smallest absolute Gasteiger partial charge is 0.261 e. The van der Waals surface area contributed by atoms with E-state index in [0.29, 0.717) is 16.6 Å². The van der Waals surface area contributed by atoms with E-state index in [2.05, 4.69) is 6.58 Å². The number of rotatable bonds is 3. The highest BCUT2D eigenvalue weighted by Gasteiger charge is 2.35. The van der Waals surface area contributed by atoms with E-state index < -0.39 is 0 Å². The Morgan fingerprint density at radius 2 is 1.67 bits per heavy atom. The molecular formula is C17H12BNO2. The minimum atomic E-state index is -0.275. The first-order valence-electron chi connectivity index (χ1n) is 6.58. The third-order valence-electron chi connectivity index (χ3n) is 3.61. The van der Waals surface area contributed by atoms with Gasteiger partial charge in [0.05, 0.1) is 17.7 Å². The van der Waals surface area contributed by atoms with Crippen molar-refractivity contribution in [3.63, 3.8) is 0 Å². The lowest BCUT2D eigenvalue weighted by molar-refractivity contribution is 0.0643. The molecule has 0 bridgehead atoms. The monoisotopic (exact) mass is 273 g/mol. The highest BCUT2D eigenvalue weighted by molar-refractivity contribution is 6.33. The molecule has 0 saturated heterocycles. The molecule has 2 amide bonds. The van der Waals surface area contributed by atoms with Crippen molar-refractivity contribution in [2.75, 3.05) is 0 Å². The van der Waals surface area contributed by atoms with Crippen LogP contribution >= 0.6 is 0 Å². The zero-order valence-electron chi connectivity index (χ0n) is 11.4. The average Bonchev–Trinajstić information content (AvgIpc) is 2.74. The standard InChI is InChI=1S/C17H12BNO2/c1-2-11-7-8-12(15(18)9-11)10-19-16(20)13-5-3-4-6-14(13)17(19)21/h2-9H,1,10H2. The van der Waals surface area contributed by atoms with Crippen molar-refractivity contribution >= 4 is 31.2 Å². The molecule has 21 heavy (non-hydrogen) atoms. The number of hydrogen-bond acceptors (Lipinski definition) is 2. The summed E-state index contributed by atoms with van der Waals surface area (Å²) in [5, 5.41) is 0. The number of carbonyl (C=O) groups excluding carboxylic acids is 2. The van der Waals surface area contributed by atoms with E-state index in [1.807, 2.05) is 12.1 Å². The Bertz CT molecular complexity index is 732. The van der Waals surface area contributed by atoms with Gasteiger partial charge in [-0.3, -0.25) is 14.5 Å². The van der Waals surface area contributed by atoms with Crippen molar-refractivity contribution in [3.8, 4) is 0 Å². The fourth-order valence-electron chi connectivity index (χ4n) is 2.44. The number of benzene rings is 2. The number of nitrogens with zero attached hydrogens (tertiary/aromatic N) is 1. The Balaban J connectivity index is 1.92. The molecular weight excluding hydrogens is 261 g/mol. The van der Waals surface area contributed by atoms with Gasteiger partial charge in [-0.15, -0.1) is 0 Å². The number of fused-ring (bicyclic) bond motifs is 1. The SMILES string of the molecule is [B]c1cc(C=C)ccc1CN1C(=O)c2ccccc2C1=O. The summed E-state index contributed by atoms with van der Waals surface area (Å²) < 4.78 is 0. The van der Waals surface area contributed by atoms with Gasteiger partial charge < -0.3 is 0 Å². The van der Waals surface area contributed by atoms with Crippen LogP contribution in [0.3, 0.4) is 0 Å². The molecule has 1 heterocycles. The molecule has 1 aliphatic heterocycles. The van der Waals surface area contributed by atoms with Gasteiger partial charge in [0.15, 0.2) is 0 Å². The Labute approximate surface area is 124 Å². The van der Waals surface area contributed by atoms with Crippen LogP contribution in [-0.4, -0.2) is 24.6 Å². The number of amides is 2. The van der Waals surface area contributed by atoms with Crippen LogP contribution in [0.25, 0.3) is 6.08 Å². The molecule has 0 fully saturated rings. The third-order valence-corrected chi connectivity index (χ3v) is 3.61. The van der Waals surface area contributed by atoms with Crippen LogP contribution in [0.4, 0.5) is 0 Å². The molecule has 2 radical (unpaired) electrons. The van der Waals surface area contributed by atoms with Crippen molar-refractivity contribution in [1.82, 2.24) is 4.90 Å². The van der Waals surface area contributed by atoms with Gasteiger partial charge in [0, 0.05) is 0 Å². The van der Waals surface area contributed by atoms with Crippen molar-refractivity contribution in [2.24, 2.45) is 0 Å². The van der Waals surface area contributed by atoms with Crippen molar-refractivity contribution < 1.29 is 9.59 Å². The average molecular weight is 273 g/mol. The molecule has 2 aromatic carbocycles. The maximum Gasteiger partial charge on any atom is 0.261 e. The molecule has 3 rings (SSSR count). The molecule has 0 saturated carbocycles. The summed E-state index contributed by atoms with van der Waals surface area (Å²) in [4.78, 5) is 25.8. The van der Waals surface area contributed by atoms with Gasteiger partial charge in [0.2, 0.25) is 0 Å². The summed E-state index contributed by atoms with van der Waals surface area (Å²) in [6, 6.07) is 12.3. The van der Waals surface area contributed by atoms with E-state index in [9.17, 15) is 9.59 Å². The van der Waals surface area contributed by atoms with Crippen LogP contribution in [0, 0.1) is 0 Å². The normalized spacial score (nSPS) is 13.4. The van der Waals surface area contributed by atoms with Gasteiger partial charge >= 0.3 is 0 Å². The molecule has 2 aromatic rings. The van der Waals surface area contributed by atoms with E-state index in [1.165, 1.54) is 4.90 Å². The second-order valence-corrected chi connectivity index (χ2v) is 4.90. The highest BCUT2D eigenvalue weighted by atomic mass is 16.2. The van der Waals surface area contributed by atoms with Gasteiger partial charge in [0.1, 0.15) is 7.85 Å². The van der Waals surface area contributed by atoms with Crippen molar-refractivity contribution in [2.45, 2.75) is 6.54 Å². The van der Waals surface area contributed by atoms with E-state index in [1.54, 1.807) is 36.4 Å². The quantitative estimate of drug-likeness (QED) is 0.633. The van der Waals surface area contributed by atoms with Crippen LogP contribution in [0.15, 0.2) is 49.0 Å². The number of imide groups is 1. The Morgan fingerprint density at radius 1 is 1.05 bits per heavy atom. The van der Waals surface area contributed by atoms with Crippen molar-refractivity contribution in [1.29, 1.82) is 0 Å². The minimum Gasteiger partial charge on any atom is -0.270 e. The molecule has 3 nitrogen and oxygen atoms in total. The van der Waals surface area contributed by atoms with Crippen LogP contribution in [0.2, 0.25) is 0 Å². The first-order chi connectivity index (χ1) is 10.1. The van der Waals surface area contributed by atoms with Gasteiger partial charge in [-0.2, -0.15) is 0 Å². The summed E-state index contributed by atoms with van der Waals surface area (Å²) in [6.07, 6.45) is 1.70. The van der Waals surface area contributed by atoms with Gasteiger partial charge in [-0.25, -0.2) is 0 Å². The second kappa shape index (κ2) is 5.06. The largest absolute Gasteiger partial charge is 0.270 e. The lowest BCUT2D eigenvalue weighted by Crippen LogP contribution is -2.31. The summed E-state index contributed by atoms with van der Waals surface area (Å²) in [5.74, 6) is -0.550. The summed E-state index contributed by atoms with van der Waals surface area (Å²) in [7, 11) is 5.97. The summed E-state index contributed by atoms with van der Waals surface area (Å²) in [6.45, 7) is 3.86. The predicted molar refractivity (Wildman–Crippen MR) is 82.6 cm³/mol. The highest BCUT2D eigenvalue weighted by Crippen LogP contribution is 2.23. The minimum absolute atomic E-state index is 0.176. The van der Waals surface area contributed by atoms with E-state index in [-0.39, 0.29) is 18.4 Å². The third kappa shape index (κ3) is 2.19. The van der Waals surface area contributed by atoms with E-state index >= 15 is 0 Å². The molecule has 0 unspecified atom stereocenters. The van der Waals surface area contributed by atoms with Crippen molar-refractivity contribution in [3.05, 3.63) is 71.3 Å². The molecule has 0 atom stereocenters. The van der Waals surface area contributed by atoms with Crippen LogP contribution < -0.4 is 5.46 Å². The first kappa shape index (κ1) is 13.4. The fraction of sp³-hybridized carbons (Fsp3) is 0.0588. The zero-order chi connectivity index (χ0) is 15.0. The lowest BCUT2D eigenvalue weighted by Gasteiger charge is -2.16. The first-order valence-corrected chi connectivity index (χ1v) is 6.58. The molecule has 0 spiro atoms. The van der Waals surface area contributed by atoms with Crippen LogP contribution in [0.5, 0.6) is 0 Å². The predicted octanol–water partition coefficient (Wildman–Crippen LogP) is 1.92. The number of hydrogen-bond donors (Lipinski definition) is 0. The van der Waals surface area contributed by atoms with Gasteiger partial charge in [-0.1, -0.05) is 48.4 Å². The maximum absolute atomic E-state index is 12.3. The number of carbonyl (C=O) groups is 2.